The van der Waals surface area contributed by atoms with Gasteiger partial charge in [-0.3, -0.25) is 0 Å². The SMILES string of the molecule is CN(CC(C)(C)O)c1c(Cl)cc(N)cc1Cl. The summed E-state index contributed by atoms with van der Waals surface area (Å²) in [5, 5.41) is 10.7. The number of benzene rings is 1. The zero-order valence-electron chi connectivity index (χ0n) is 9.59. The molecule has 16 heavy (non-hydrogen) atoms. The maximum absolute atomic E-state index is 9.73. The molecule has 0 saturated heterocycles. The van der Waals surface area contributed by atoms with Crippen molar-refractivity contribution in [2.45, 2.75) is 19.4 Å². The van der Waals surface area contributed by atoms with Crippen molar-refractivity contribution in [3.05, 3.63) is 22.2 Å². The molecule has 1 rings (SSSR count). The quantitative estimate of drug-likeness (QED) is 0.824. The lowest BCUT2D eigenvalue weighted by atomic mass is 10.1. The van der Waals surface area contributed by atoms with Crippen molar-refractivity contribution in [2.24, 2.45) is 0 Å². The second-order valence-electron chi connectivity index (χ2n) is 4.50. The highest BCUT2D eigenvalue weighted by Gasteiger charge is 2.19. The van der Waals surface area contributed by atoms with E-state index in [2.05, 4.69) is 0 Å². The van der Waals surface area contributed by atoms with Crippen LogP contribution in [0.5, 0.6) is 0 Å². The average molecular weight is 263 g/mol. The molecule has 0 atom stereocenters. The van der Waals surface area contributed by atoms with E-state index in [1.807, 2.05) is 11.9 Å². The smallest absolute Gasteiger partial charge is 0.0765 e. The number of anilines is 2. The molecule has 0 radical (unpaired) electrons. The van der Waals surface area contributed by atoms with Gasteiger partial charge < -0.3 is 15.7 Å². The van der Waals surface area contributed by atoms with Crippen LogP contribution in [0.2, 0.25) is 10.0 Å². The van der Waals surface area contributed by atoms with Crippen LogP contribution in [0.3, 0.4) is 0 Å². The molecule has 3 N–H and O–H groups in total. The van der Waals surface area contributed by atoms with E-state index in [-0.39, 0.29) is 0 Å². The molecule has 0 unspecified atom stereocenters. The van der Waals surface area contributed by atoms with Crippen molar-refractivity contribution in [3.63, 3.8) is 0 Å². The molecule has 1 aromatic rings. The zero-order valence-corrected chi connectivity index (χ0v) is 11.1. The van der Waals surface area contributed by atoms with Crippen LogP contribution in [0.15, 0.2) is 12.1 Å². The van der Waals surface area contributed by atoms with Crippen LogP contribution in [-0.2, 0) is 0 Å². The van der Waals surface area contributed by atoms with Gasteiger partial charge >= 0.3 is 0 Å². The molecule has 0 bridgehead atoms. The first-order valence-corrected chi connectivity index (χ1v) is 5.64. The first-order valence-electron chi connectivity index (χ1n) is 4.89. The highest BCUT2D eigenvalue weighted by molar-refractivity contribution is 6.39. The summed E-state index contributed by atoms with van der Waals surface area (Å²) in [7, 11) is 1.82. The van der Waals surface area contributed by atoms with Gasteiger partial charge in [0.25, 0.3) is 0 Å². The Balaban J connectivity index is 3.04. The minimum absolute atomic E-state index is 0.427. The summed E-state index contributed by atoms with van der Waals surface area (Å²) >= 11 is 12.1. The number of hydrogen-bond donors (Lipinski definition) is 2. The molecule has 1 aromatic carbocycles. The largest absolute Gasteiger partial charge is 0.399 e. The molecule has 90 valence electrons. The minimum atomic E-state index is -0.817. The Morgan fingerprint density at radius 3 is 2.12 bits per heavy atom. The summed E-state index contributed by atoms with van der Waals surface area (Å²) in [5.74, 6) is 0. The fraction of sp³-hybridized carbons (Fsp3) is 0.455. The van der Waals surface area contributed by atoms with Crippen LogP contribution >= 0.6 is 23.2 Å². The number of likely N-dealkylation sites (N-methyl/N-ethyl adjacent to an activating group) is 1. The van der Waals surface area contributed by atoms with E-state index < -0.39 is 5.60 Å². The first kappa shape index (κ1) is 13.4. The lowest BCUT2D eigenvalue weighted by Crippen LogP contribution is -2.36. The maximum atomic E-state index is 9.73. The monoisotopic (exact) mass is 262 g/mol. The highest BCUT2D eigenvalue weighted by Crippen LogP contribution is 2.35. The summed E-state index contributed by atoms with van der Waals surface area (Å²) in [6.07, 6.45) is 0. The molecule has 0 amide bonds. The summed E-state index contributed by atoms with van der Waals surface area (Å²) in [6.45, 7) is 3.88. The number of aliphatic hydroxyl groups is 1. The fourth-order valence-corrected chi connectivity index (χ4v) is 2.40. The van der Waals surface area contributed by atoms with Gasteiger partial charge in [0.2, 0.25) is 0 Å². The van der Waals surface area contributed by atoms with Crippen LogP contribution in [0.25, 0.3) is 0 Å². The Labute approximate surface area is 106 Å². The van der Waals surface area contributed by atoms with Gasteiger partial charge in [0, 0.05) is 19.3 Å². The Morgan fingerprint density at radius 1 is 1.31 bits per heavy atom. The second kappa shape index (κ2) is 4.70. The standard InChI is InChI=1S/C11H16Cl2N2O/c1-11(2,16)6-15(3)10-8(12)4-7(14)5-9(10)13/h4-5,16H,6,14H2,1-3H3. The van der Waals surface area contributed by atoms with Gasteiger partial charge in [0.1, 0.15) is 0 Å². The topological polar surface area (TPSA) is 49.5 Å². The van der Waals surface area contributed by atoms with Crippen molar-refractivity contribution in [3.8, 4) is 0 Å². The lowest BCUT2D eigenvalue weighted by Gasteiger charge is -2.28. The molecule has 3 nitrogen and oxygen atoms in total. The number of nitrogens with two attached hydrogens (primary N) is 1. The zero-order chi connectivity index (χ0) is 12.5. The molecule has 0 aliphatic rings. The number of nitrogens with zero attached hydrogens (tertiary/aromatic N) is 1. The van der Waals surface area contributed by atoms with Crippen LogP contribution in [0.4, 0.5) is 11.4 Å². The number of rotatable bonds is 3. The molecular weight excluding hydrogens is 247 g/mol. The van der Waals surface area contributed by atoms with E-state index in [0.29, 0.717) is 28.0 Å². The average Bonchev–Trinajstić information content (AvgIpc) is 1.96. The number of nitrogen functional groups attached to an aromatic ring is 1. The third-order valence-electron chi connectivity index (χ3n) is 2.05. The molecular formula is C11H16Cl2N2O. The predicted molar refractivity (Wildman–Crippen MR) is 70.4 cm³/mol. The fourth-order valence-electron chi connectivity index (χ4n) is 1.61. The first-order chi connectivity index (χ1) is 7.20. The van der Waals surface area contributed by atoms with Crippen molar-refractivity contribution in [1.29, 1.82) is 0 Å². The van der Waals surface area contributed by atoms with Crippen LogP contribution in [0, 0.1) is 0 Å². The Morgan fingerprint density at radius 2 is 1.75 bits per heavy atom. The third-order valence-corrected chi connectivity index (χ3v) is 2.62. The van der Waals surface area contributed by atoms with Crippen molar-refractivity contribution in [1.82, 2.24) is 0 Å². The van der Waals surface area contributed by atoms with Crippen molar-refractivity contribution >= 4 is 34.6 Å². The van der Waals surface area contributed by atoms with Crippen LogP contribution in [-0.4, -0.2) is 24.3 Å². The van der Waals surface area contributed by atoms with Gasteiger partial charge in [-0.1, -0.05) is 23.2 Å². The Bertz CT molecular complexity index is 365. The second-order valence-corrected chi connectivity index (χ2v) is 5.32. The molecule has 0 aliphatic heterocycles. The molecule has 0 aromatic heterocycles. The van der Waals surface area contributed by atoms with Gasteiger partial charge in [0.15, 0.2) is 0 Å². The lowest BCUT2D eigenvalue weighted by molar-refractivity contribution is 0.0886. The molecule has 0 saturated carbocycles. The van der Waals surface area contributed by atoms with Crippen molar-refractivity contribution in [2.75, 3.05) is 24.2 Å². The molecule has 0 heterocycles. The van der Waals surface area contributed by atoms with E-state index in [9.17, 15) is 5.11 Å². The highest BCUT2D eigenvalue weighted by atomic mass is 35.5. The molecule has 5 heteroatoms. The number of halogens is 2. The van der Waals surface area contributed by atoms with Gasteiger partial charge in [-0.2, -0.15) is 0 Å². The summed E-state index contributed by atoms with van der Waals surface area (Å²) < 4.78 is 0. The molecule has 0 fully saturated rings. The van der Waals surface area contributed by atoms with E-state index in [1.165, 1.54) is 0 Å². The minimum Gasteiger partial charge on any atom is -0.399 e. The Kier molecular flexibility index (Phi) is 3.94. The molecule has 0 aliphatic carbocycles. The summed E-state index contributed by atoms with van der Waals surface area (Å²) in [6, 6.07) is 3.29. The third kappa shape index (κ3) is 3.44. The Hall–Kier alpha value is -0.640. The summed E-state index contributed by atoms with van der Waals surface area (Å²) in [5.41, 5.74) is 6.01. The van der Waals surface area contributed by atoms with Gasteiger partial charge in [-0.05, 0) is 26.0 Å². The van der Waals surface area contributed by atoms with Gasteiger partial charge in [-0.15, -0.1) is 0 Å². The van der Waals surface area contributed by atoms with E-state index in [1.54, 1.807) is 26.0 Å². The summed E-state index contributed by atoms with van der Waals surface area (Å²) in [4.78, 5) is 1.81. The van der Waals surface area contributed by atoms with E-state index in [4.69, 9.17) is 28.9 Å². The van der Waals surface area contributed by atoms with E-state index in [0.717, 1.165) is 0 Å². The maximum Gasteiger partial charge on any atom is 0.0765 e. The predicted octanol–water partition coefficient (Wildman–Crippen LogP) is 2.78. The van der Waals surface area contributed by atoms with Crippen molar-refractivity contribution < 1.29 is 5.11 Å². The van der Waals surface area contributed by atoms with Gasteiger partial charge in [0.05, 0.1) is 21.3 Å². The normalized spacial score (nSPS) is 11.6. The van der Waals surface area contributed by atoms with E-state index >= 15 is 0 Å². The molecule has 0 spiro atoms. The van der Waals surface area contributed by atoms with Crippen LogP contribution in [0.1, 0.15) is 13.8 Å². The van der Waals surface area contributed by atoms with Crippen LogP contribution < -0.4 is 10.6 Å². The van der Waals surface area contributed by atoms with Gasteiger partial charge in [-0.25, -0.2) is 0 Å². The number of hydrogen-bond acceptors (Lipinski definition) is 3.